The fourth-order valence-corrected chi connectivity index (χ4v) is 4.81. The molecule has 176 valence electrons. The number of aliphatic hydroxyl groups excluding tert-OH is 1. The van der Waals surface area contributed by atoms with Gasteiger partial charge in [-0.2, -0.15) is 0 Å². The minimum Gasteiger partial charge on any atom is -0.507 e. The van der Waals surface area contributed by atoms with Crippen LogP contribution in [0.4, 0.5) is 0 Å². The molecule has 6 nitrogen and oxygen atoms in total. The maximum Gasteiger partial charge on any atom is 0.295 e. The number of rotatable bonds is 7. The normalized spacial score (nSPS) is 17.4. The molecule has 2 aromatic carbocycles. The number of likely N-dealkylation sites (tertiary alicyclic amines) is 1. The van der Waals surface area contributed by atoms with E-state index in [2.05, 4.69) is 0 Å². The van der Waals surface area contributed by atoms with Crippen LogP contribution in [0, 0.1) is 6.92 Å². The van der Waals surface area contributed by atoms with Crippen LogP contribution in [0.1, 0.15) is 41.5 Å². The van der Waals surface area contributed by atoms with Crippen molar-refractivity contribution < 1.29 is 24.2 Å². The molecule has 2 heterocycles. The number of ether oxygens (including phenoxy) is 2. The number of methoxy groups -OCH3 is 1. The molecular formula is C27H27NO5S. The number of carbonyl (C=O) groups excluding carboxylic acids is 2. The Morgan fingerprint density at radius 2 is 1.91 bits per heavy atom. The van der Waals surface area contributed by atoms with Crippen molar-refractivity contribution in [2.24, 2.45) is 0 Å². The number of thiophene rings is 1. The predicted molar refractivity (Wildman–Crippen MR) is 132 cm³/mol. The highest BCUT2D eigenvalue weighted by Crippen LogP contribution is 2.41. The first-order valence-corrected chi connectivity index (χ1v) is 11.9. The number of ketones is 1. The van der Waals surface area contributed by atoms with E-state index in [0.29, 0.717) is 22.6 Å². The van der Waals surface area contributed by atoms with Crippen LogP contribution in [0.15, 0.2) is 65.6 Å². The van der Waals surface area contributed by atoms with Crippen LogP contribution in [0.2, 0.25) is 0 Å². The number of nitrogens with zero attached hydrogens (tertiary/aromatic N) is 1. The maximum absolute atomic E-state index is 13.2. The molecule has 1 atom stereocenters. The Morgan fingerprint density at radius 3 is 2.56 bits per heavy atom. The summed E-state index contributed by atoms with van der Waals surface area (Å²) in [6, 6.07) is 15.5. The first-order valence-electron chi connectivity index (χ1n) is 11.0. The van der Waals surface area contributed by atoms with E-state index in [1.807, 2.05) is 50.4 Å². The second-order valence-corrected chi connectivity index (χ2v) is 9.46. The molecule has 1 aliphatic heterocycles. The largest absolute Gasteiger partial charge is 0.507 e. The summed E-state index contributed by atoms with van der Waals surface area (Å²) in [5.41, 5.74) is 2.03. The summed E-state index contributed by atoms with van der Waals surface area (Å²) in [6.07, 6.45) is 0.00813. The van der Waals surface area contributed by atoms with Crippen LogP contribution >= 0.6 is 11.3 Å². The topological polar surface area (TPSA) is 76.1 Å². The molecule has 0 aliphatic carbocycles. The number of amides is 1. The Morgan fingerprint density at radius 1 is 1.12 bits per heavy atom. The number of aryl methyl sites for hydroxylation is 1. The second kappa shape index (κ2) is 9.73. The molecular weight excluding hydrogens is 450 g/mol. The molecule has 4 rings (SSSR count). The summed E-state index contributed by atoms with van der Waals surface area (Å²) < 4.78 is 11.2. The lowest BCUT2D eigenvalue weighted by Crippen LogP contribution is -2.28. The number of carbonyl (C=O) groups is 2. The number of hydrogen-bond acceptors (Lipinski definition) is 6. The van der Waals surface area contributed by atoms with Gasteiger partial charge in [-0.3, -0.25) is 9.59 Å². The zero-order chi connectivity index (χ0) is 24.4. The molecule has 1 amide bonds. The van der Waals surface area contributed by atoms with Crippen molar-refractivity contribution in [3.05, 3.63) is 87.1 Å². The Balaban J connectivity index is 1.84. The smallest absolute Gasteiger partial charge is 0.295 e. The van der Waals surface area contributed by atoms with E-state index in [0.717, 1.165) is 10.4 Å². The molecule has 34 heavy (non-hydrogen) atoms. The van der Waals surface area contributed by atoms with Crippen LogP contribution in [-0.4, -0.2) is 34.9 Å². The van der Waals surface area contributed by atoms with Gasteiger partial charge in [-0.05, 0) is 73.7 Å². The van der Waals surface area contributed by atoms with Crippen LogP contribution in [0.5, 0.6) is 11.5 Å². The van der Waals surface area contributed by atoms with Crippen LogP contribution < -0.4 is 9.47 Å². The summed E-state index contributed by atoms with van der Waals surface area (Å²) in [5, 5.41) is 13.2. The van der Waals surface area contributed by atoms with Gasteiger partial charge in [-0.25, -0.2) is 0 Å². The second-order valence-electron chi connectivity index (χ2n) is 8.43. The zero-order valence-electron chi connectivity index (χ0n) is 19.6. The molecule has 1 fully saturated rings. The minimum atomic E-state index is -0.746. The number of aliphatic hydroxyl groups is 1. The Labute approximate surface area is 203 Å². The van der Waals surface area contributed by atoms with E-state index in [-0.39, 0.29) is 24.0 Å². The van der Waals surface area contributed by atoms with Crippen molar-refractivity contribution in [2.45, 2.75) is 39.5 Å². The average molecular weight is 478 g/mol. The molecule has 1 unspecified atom stereocenters. The van der Waals surface area contributed by atoms with Crippen molar-refractivity contribution in [3.8, 4) is 11.5 Å². The molecule has 1 saturated heterocycles. The summed E-state index contributed by atoms with van der Waals surface area (Å²) in [4.78, 5) is 28.8. The molecule has 3 aromatic rings. The van der Waals surface area contributed by atoms with E-state index in [4.69, 9.17) is 9.47 Å². The molecule has 1 aromatic heterocycles. The van der Waals surface area contributed by atoms with Gasteiger partial charge in [0.05, 0.1) is 31.4 Å². The van der Waals surface area contributed by atoms with E-state index < -0.39 is 17.7 Å². The molecule has 0 spiro atoms. The Hall–Kier alpha value is -3.58. The summed E-state index contributed by atoms with van der Waals surface area (Å²) in [6.45, 7) is 6.03. The Bertz CT molecular complexity index is 1250. The van der Waals surface area contributed by atoms with Gasteiger partial charge in [0.25, 0.3) is 11.7 Å². The monoisotopic (exact) mass is 477 g/mol. The lowest BCUT2D eigenvalue weighted by Gasteiger charge is -2.25. The highest BCUT2D eigenvalue weighted by molar-refractivity contribution is 7.09. The first-order chi connectivity index (χ1) is 16.3. The third-order valence-electron chi connectivity index (χ3n) is 5.67. The van der Waals surface area contributed by atoms with Gasteiger partial charge in [0.15, 0.2) is 0 Å². The number of hydrogen-bond donors (Lipinski definition) is 1. The quantitative estimate of drug-likeness (QED) is 0.277. The fourth-order valence-electron chi connectivity index (χ4n) is 4.11. The first kappa shape index (κ1) is 23.6. The molecule has 0 radical (unpaired) electrons. The third kappa shape index (κ3) is 4.56. The highest BCUT2D eigenvalue weighted by atomic mass is 32.1. The zero-order valence-corrected chi connectivity index (χ0v) is 20.4. The maximum atomic E-state index is 13.2. The molecule has 1 N–H and O–H groups in total. The third-order valence-corrected chi connectivity index (χ3v) is 6.53. The SMILES string of the molecule is COc1cccc(C2/C(=C(\O)c3ccc(OC(C)C)c(C)c3)C(=O)C(=O)N2Cc2cccs2)c1. The van der Waals surface area contributed by atoms with Gasteiger partial charge in [0, 0.05) is 10.4 Å². The predicted octanol–water partition coefficient (Wildman–Crippen LogP) is 5.47. The van der Waals surface area contributed by atoms with Gasteiger partial charge in [0.2, 0.25) is 0 Å². The lowest BCUT2D eigenvalue weighted by atomic mass is 9.94. The van der Waals surface area contributed by atoms with Gasteiger partial charge in [-0.1, -0.05) is 18.2 Å². The summed E-state index contributed by atoms with van der Waals surface area (Å²) in [7, 11) is 1.56. The molecule has 0 saturated carbocycles. The molecule has 7 heteroatoms. The van der Waals surface area contributed by atoms with E-state index in [9.17, 15) is 14.7 Å². The standard InChI is InChI=1S/C27H27NO5S/c1-16(2)33-22-11-10-19(13-17(22)3)25(29)23-24(18-7-5-8-20(14-18)32-4)28(27(31)26(23)30)15-21-9-6-12-34-21/h5-14,16,24,29H,15H2,1-4H3/b25-23+. The van der Waals surface area contributed by atoms with Crippen LogP contribution in [-0.2, 0) is 16.1 Å². The van der Waals surface area contributed by atoms with Crippen molar-refractivity contribution >= 4 is 28.8 Å². The van der Waals surface area contributed by atoms with Crippen LogP contribution in [0.25, 0.3) is 5.76 Å². The summed E-state index contributed by atoms with van der Waals surface area (Å²) in [5.74, 6) is -0.250. The highest BCUT2D eigenvalue weighted by Gasteiger charge is 2.46. The lowest BCUT2D eigenvalue weighted by molar-refractivity contribution is -0.140. The van der Waals surface area contributed by atoms with Gasteiger partial charge in [-0.15, -0.1) is 11.3 Å². The van der Waals surface area contributed by atoms with Crippen molar-refractivity contribution in [2.75, 3.05) is 7.11 Å². The van der Waals surface area contributed by atoms with E-state index >= 15 is 0 Å². The number of benzene rings is 2. The van der Waals surface area contributed by atoms with Crippen molar-refractivity contribution in [3.63, 3.8) is 0 Å². The minimum absolute atomic E-state index is 0.00813. The van der Waals surface area contributed by atoms with Crippen LogP contribution in [0.3, 0.4) is 0 Å². The van der Waals surface area contributed by atoms with E-state index in [1.54, 1.807) is 37.4 Å². The average Bonchev–Trinajstić information content (AvgIpc) is 3.42. The van der Waals surface area contributed by atoms with Crippen molar-refractivity contribution in [1.29, 1.82) is 0 Å². The van der Waals surface area contributed by atoms with E-state index in [1.165, 1.54) is 16.2 Å². The number of Topliss-reactive ketones (excluding diaryl/α,β-unsaturated/α-hetero) is 1. The molecule has 1 aliphatic rings. The summed E-state index contributed by atoms with van der Waals surface area (Å²) >= 11 is 1.51. The Kier molecular flexibility index (Phi) is 6.75. The van der Waals surface area contributed by atoms with Gasteiger partial charge >= 0.3 is 0 Å². The molecule has 0 bridgehead atoms. The van der Waals surface area contributed by atoms with Gasteiger partial charge in [0.1, 0.15) is 17.3 Å². The van der Waals surface area contributed by atoms with Crippen molar-refractivity contribution in [1.82, 2.24) is 4.90 Å². The fraction of sp³-hybridized carbons (Fsp3) is 0.259. The van der Waals surface area contributed by atoms with Gasteiger partial charge < -0.3 is 19.5 Å².